The zero-order valence-corrected chi connectivity index (χ0v) is 7.94. The van der Waals surface area contributed by atoms with Crippen LogP contribution in [0.5, 0.6) is 0 Å². The molecule has 0 saturated carbocycles. The topological polar surface area (TPSA) is 20.2 Å². The number of hydrogen-bond acceptors (Lipinski definition) is 1. The van der Waals surface area contributed by atoms with Crippen LogP contribution < -0.4 is 0 Å². The first-order chi connectivity index (χ1) is 5.09. The van der Waals surface area contributed by atoms with E-state index >= 15 is 0 Å². The summed E-state index contributed by atoms with van der Waals surface area (Å²) >= 11 is 0. The van der Waals surface area contributed by atoms with E-state index in [0.717, 1.165) is 18.4 Å². The normalized spacial score (nSPS) is 11.5. The lowest BCUT2D eigenvalue weighted by Gasteiger charge is -2.01. The molecule has 0 fully saturated rings. The molecule has 0 aromatic heterocycles. The van der Waals surface area contributed by atoms with E-state index in [0.29, 0.717) is 5.76 Å². The van der Waals surface area contributed by atoms with Crippen molar-refractivity contribution in [3.05, 3.63) is 23.0 Å². The highest BCUT2D eigenvalue weighted by molar-refractivity contribution is 5.26. The van der Waals surface area contributed by atoms with Gasteiger partial charge in [-0.05, 0) is 38.8 Å². The number of rotatable bonds is 3. The van der Waals surface area contributed by atoms with Crippen LogP contribution in [0, 0.1) is 0 Å². The fourth-order valence-corrected chi connectivity index (χ4v) is 0.690. The molecule has 0 saturated heterocycles. The van der Waals surface area contributed by atoms with Gasteiger partial charge in [0.15, 0.2) is 0 Å². The second-order valence-electron chi connectivity index (χ2n) is 3.00. The van der Waals surface area contributed by atoms with Gasteiger partial charge in [-0.25, -0.2) is 0 Å². The van der Waals surface area contributed by atoms with Crippen molar-refractivity contribution in [1.29, 1.82) is 0 Å². The van der Waals surface area contributed by atoms with Crippen LogP contribution in [0.3, 0.4) is 0 Å². The summed E-state index contributed by atoms with van der Waals surface area (Å²) in [4.78, 5) is 0. The van der Waals surface area contributed by atoms with Gasteiger partial charge in [-0.15, -0.1) is 0 Å². The Balaban J connectivity index is 4.24. The van der Waals surface area contributed by atoms with Gasteiger partial charge in [-0.3, -0.25) is 0 Å². The quantitative estimate of drug-likeness (QED) is 0.486. The van der Waals surface area contributed by atoms with Crippen LogP contribution in [0.2, 0.25) is 0 Å². The maximum atomic E-state index is 9.42. The van der Waals surface area contributed by atoms with Crippen molar-refractivity contribution in [3.8, 4) is 0 Å². The highest BCUT2D eigenvalue weighted by atomic mass is 16.3. The van der Waals surface area contributed by atoms with E-state index in [1.807, 2.05) is 26.8 Å². The molecule has 0 heterocycles. The molecule has 1 nitrogen and oxygen atoms in total. The first-order valence-electron chi connectivity index (χ1n) is 4.13. The lowest BCUT2D eigenvalue weighted by Crippen LogP contribution is -1.86. The van der Waals surface area contributed by atoms with Crippen molar-refractivity contribution in [2.45, 2.75) is 40.5 Å². The predicted octanol–water partition coefficient (Wildman–Crippen LogP) is 3.58. The Morgan fingerprint density at radius 3 is 2.18 bits per heavy atom. The van der Waals surface area contributed by atoms with E-state index in [4.69, 9.17) is 0 Å². The number of hydrogen-bond donors (Lipinski definition) is 1. The van der Waals surface area contributed by atoms with E-state index in [1.165, 1.54) is 5.57 Å². The van der Waals surface area contributed by atoms with Crippen molar-refractivity contribution in [2.75, 3.05) is 0 Å². The molecule has 0 amide bonds. The smallest absolute Gasteiger partial charge is 0.114 e. The molecule has 1 N–H and O–H groups in total. The van der Waals surface area contributed by atoms with E-state index in [1.54, 1.807) is 0 Å². The monoisotopic (exact) mass is 154 g/mol. The maximum absolute atomic E-state index is 9.42. The van der Waals surface area contributed by atoms with Crippen LogP contribution in [-0.4, -0.2) is 5.11 Å². The van der Waals surface area contributed by atoms with Crippen LogP contribution in [0.1, 0.15) is 40.5 Å². The molecule has 0 radical (unpaired) electrons. The molecule has 0 unspecified atom stereocenters. The Bertz CT molecular complexity index is 171. The van der Waals surface area contributed by atoms with E-state index < -0.39 is 0 Å². The molecule has 0 aliphatic rings. The van der Waals surface area contributed by atoms with Crippen molar-refractivity contribution >= 4 is 0 Å². The molecule has 0 aliphatic heterocycles. The Kier molecular flexibility index (Phi) is 4.67. The molecule has 64 valence electrons. The lowest BCUT2D eigenvalue weighted by atomic mass is 10.1. The van der Waals surface area contributed by atoms with Crippen LogP contribution >= 0.6 is 0 Å². The van der Waals surface area contributed by atoms with Crippen molar-refractivity contribution in [2.24, 2.45) is 0 Å². The molecule has 0 rings (SSSR count). The summed E-state index contributed by atoms with van der Waals surface area (Å²) in [6, 6.07) is 0. The minimum Gasteiger partial charge on any atom is -0.508 e. The van der Waals surface area contributed by atoms with Gasteiger partial charge >= 0.3 is 0 Å². The Labute approximate surface area is 69.4 Å². The average molecular weight is 154 g/mol. The zero-order chi connectivity index (χ0) is 8.85. The molecule has 1 heteroatoms. The summed E-state index contributed by atoms with van der Waals surface area (Å²) in [6.07, 6.45) is 3.92. The van der Waals surface area contributed by atoms with Crippen LogP contribution in [0.15, 0.2) is 23.0 Å². The standard InChI is InChI=1S/C10H18O/c1-5-6-7-10(11)9(4)8(2)3/h7,11H,5-6H2,1-4H3/b10-7-. The third-order valence-corrected chi connectivity index (χ3v) is 1.76. The van der Waals surface area contributed by atoms with Crippen molar-refractivity contribution in [3.63, 3.8) is 0 Å². The summed E-state index contributed by atoms with van der Waals surface area (Å²) in [5, 5.41) is 9.42. The third kappa shape index (κ3) is 3.87. The Hall–Kier alpha value is -0.720. The molecule has 0 bridgehead atoms. The van der Waals surface area contributed by atoms with Crippen LogP contribution in [0.25, 0.3) is 0 Å². The van der Waals surface area contributed by atoms with Gasteiger partial charge in [-0.1, -0.05) is 18.9 Å². The number of aliphatic hydroxyl groups excluding tert-OH is 1. The van der Waals surface area contributed by atoms with E-state index in [9.17, 15) is 5.11 Å². The largest absolute Gasteiger partial charge is 0.508 e. The SMILES string of the molecule is CCC/C=C(\O)C(C)=C(C)C. The van der Waals surface area contributed by atoms with Gasteiger partial charge in [0, 0.05) is 0 Å². The summed E-state index contributed by atoms with van der Waals surface area (Å²) in [6.45, 7) is 8.05. The van der Waals surface area contributed by atoms with Gasteiger partial charge in [0.05, 0.1) is 0 Å². The zero-order valence-electron chi connectivity index (χ0n) is 7.94. The van der Waals surface area contributed by atoms with Gasteiger partial charge in [0.1, 0.15) is 5.76 Å². The first-order valence-corrected chi connectivity index (χ1v) is 4.13. The molecule has 11 heavy (non-hydrogen) atoms. The molecular weight excluding hydrogens is 136 g/mol. The second-order valence-corrected chi connectivity index (χ2v) is 3.00. The molecular formula is C10H18O. The molecule has 0 aliphatic carbocycles. The summed E-state index contributed by atoms with van der Waals surface area (Å²) in [5.74, 6) is 0.437. The van der Waals surface area contributed by atoms with Gasteiger partial charge < -0.3 is 5.11 Å². The molecule has 0 aromatic rings. The van der Waals surface area contributed by atoms with Crippen molar-refractivity contribution in [1.82, 2.24) is 0 Å². The fourth-order valence-electron chi connectivity index (χ4n) is 0.690. The lowest BCUT2D eigenvalue weighted by molar-refractivity contribution is 0.419. The average Bonchev–Trinajstić information content (AvgIpc) is 1.98. The predicted molar refractivity (Wildman–Crippen MR) is 49.7 cm³/mol. The highest BCUT2D eigenvalue weighted by Gasteiger charge is 1.96. The first kappa shape index (κ1) is 10.3. The minimum atomic E-state index is 0.437. The Morgan fingerprint density at radius 1 is 1.27 bits per heavy atom. The highest BCUT2D eigenvalue weighted by Crippen LogP contribution is 2.11. The number of aliphatic hydroxyl groups is 1. The number of allylic oxidation sites excluding steroid dienone is 3. The minimum absolute atomic E-state index is 0.437. The summed E-state index contributed by atoms with van der Waals surface area (Å²) in [5.41, 5.74) is 2.17. The second kappa shape index (κ2) is 5.00. The Morgan fingerprint density at radius 2 is 1.82 bits per heavy atom. The van der Waals surface area contributed by atoms with E-state index in [-0.39, 0.29) is 0 Å². The number of unbranched alkanes of at least 4 members (excludes halogenated alkanes) is 1. The maximum Gasteiger partial charge on any atom is 0.114 e. The molecule has 0 spiro atoms. The van der Waals surface area contributed by atoms with Gasteiger partial charge in [0.2, 0.25) is 0 Å². The van der Waals surface area contributed by atoms with Crippen molar-refractivity contribution < 1.29 is 5.11 Å². The van der Waals surface area contributed by atoms with Crippen LogP contribution in [-0.2, 0) is 0 Å². The van der Waals surface area contributed by atoms with E-state index in [2.05, 4.69) is 6.92 Å². The van der Waals surface area contributed by atoms with Gasteiger partial charge in [-0.2, -0.15) is 0 Å². The summed E-state index contributed by atoms with van der Waals surface area (Å²) in [7, 11) is 0. The van der Waals surface area contributed by atoms with Gasteiger partial charge in [0.25, 0.3) is 0 Å². The third-order valence-electron chi connectivity index (χ3n) is 1.76. The van der Waals surface area contributed by atoms with Crippen LogP contribution in [0.4, 0.5) is 0 Å². The summed E-state index contributed by atoms with van der Waals surface area (Å²) < 4.78 is 0. The molecule has 0 atom stereocenters. The molecule has 0 aromatic carbocycles. The fraction of sp³-hybridized carbons (Fsp3) is 0.600.